The summed E-state index contributed by atoms with van der Waals surface area (Å²) in [4.78, 5) is 13.5. The van der Waals surface area contributed by atoms with Crippen molar-refractivity contribution in [1.82, 2.24) is 15.6 Å². The molecule has 4 rings (SSSR count). The molecule has 1 aliphatic heterocycles. The zero-order valence-electron chi connectivity index (χ0n) is 18.0. The van der Waals surface area contributed by atoms with Gasteiger partial charge < -0.3 is 20.4 Å². The van der Waals surface area contributed by atoms with Crippen LogP contribution in [0.2, 0.25) is 0 Å². The topological polar surface area (TPSA) is 55.8 Å². The predicted octanol–water partition coefficient (Wildman–Crippen LogP) is 4.09. The second-order valence-corrected chi connectivity index (χ2v) is 8.16. The Hall–Kier alpha value is -2.40. The fourth-order valence-electron chi connectivity index (χ4n) is 3.57. The molecule has 0 unspecified atom stereocenters. The molecule has 0 amide bonds. The molecule has 1 aliphatic rings. The first-order valence-electron chi connectivity index (χ1n) is 10.4. The van der Waals surface area contributed by atoms with E-state index in [4.69, 9.17) is 0 Å². The quantitative estimate of drug-likeness (QED) is 0.268. The fourth-order valence-corrected chi connectivity index (χ4v) is 4.24. The summed E-state index contributed by atoms with van der Waals surface area (Å²) < 4.78 is 13.2. The van der Waals surface area contributed by atoms with Crippen molar-refractivity contribution in [2.75, 3.05) is 43.0 Å². The predicted molar refractivity (Wildman–Crippen MR) is 142 cm³/mol. The van der Waals surface area contributed by atoms with E-state index in [1.807, 2.05) is 24.4 Å². The van der Waals surface area contributed by atoms with Crippen LogP contribution in [-0.2, 0) is 13.1 Å². The monoisotopic (exact) mass is 566 g/mol. The minimum atomic E-state index is -0.199. The number of benzene rings is 1. The SMILES string of the molecule is CN=C(NCc1ccsc1)NCc1ccnc(N2CCN(c3ccc(F)cc3)CC2)c1.I. The van der Waals surface area contributed by atoms with Gasteiger partial charge in [0.25, 0.3) is 0 Å². The summed E-state index contributed by atoms with van der Waals surface area (Å²) in [6, 6.07) is 13.0. The van der Waals surface area contributed by atoms with Gasteiger partial charge in [-0.3, -0.25) is 4.99 Å². The number of piperazine rings is 1. The lowest BCUT2D eigenvalue weighted by Crippen LogP contribution is -2.46. The van der Waals surface area contributed by atoms with Crippen molar-refractivity contribution in [2.45, 2.75) is 13.1 Å². The van der Waals surface area contributed by atoms with Crippen LogP contribution in [-0.4, -0.2) is 44.2 Å². The van der Waals surface area contributed by atoms with Gasteiger partial charge in [-0.1, -0.05) is 0 Å². The molecule has 1 fully saturated rings. The van der Waals surface area contributed by atoms with Crippen LogP contribution in [0.25, 0.3) is 0 Å². The highest BCUT2D eigenvalue weighted by atomic mass is 127. The second kappa shape index (κ2) is 12.0. The summed E-state index contributed by atoms with van der Waals surface area (Å²) in [6.45, 7) is 4.96. The number of hydrogen-bond acceptors (Lipinski definition) is 5. The molecule has 6 nitrogen and oxygen atoms in total. The summed E-state index contributed by atoms with van der Waals surface area (Å²) in [7, 11) is 1.78. The molecule has 1 saturated heterocycles. The van der Waals surface area contributed by atoms with Crippen molar-refractivity contribution in [1.29, 1.82) is 0 Å². The van der Waals surface area contributed by atoms with Crippen LogP contribution < -0.4 is 20.4 Å². The van der Waals surface area contributed by atoms with Crippen LogP contribution in [0, 0.1) is 5.82 Å². The Kier molecular flexibility index (Phi) is 9.10. The number of aromatic nitrogens is 1. The lowest BCUT2D eigenvalue weighted by molar-refractivity contribution is 0.624. The molecule has 0 spiro atoms. The van der Waals surface area contributed by atoms with Crippen LogP contribution in [0.15, 0.2) is 64.4 Å². The third-order valence-electron chi connectivity index (χ3n) is 5.33. The normalized spacial score (nSPS) is 14.1. The van der Waals surface area contributed by atoms with Crippen molar-refractivity contribution in [3.63, 3.8) is 0 Å². The number of hydrogen-bond donors (Lipinski definition) is 2. The molecule has 2 aromatic heterocycles. The van der Waals surface area contributed by atoms with Crippen LogP contribution in [0.1, 0.15) is 11.1 Å². The molecule has 9 heteroatoms. The number of pyridine rings is 1. The molecule has 170 valence electrons. The molecule has 0 saturated carbocycles. The number of nitrogens with zero attached hydrogens (tertiary/aromatic N) is 4. The number of thiophene rings is 1. The third-order valence-corrected chi connectivity index (χ3v) is 6.06. The molecular formula is C23H28FIN6S. The second-order valence-electron chi connectivity index (χ2n) is 7.38. The average molecular weight is 566 g/mol. The van der Waals surface area contributed by atoms with E-state index in [1.54, 1.807) is 18.4 Å². The minimum Gasteiger partial charge on any atom is -0.368 e. The van der Waals surface area contributed by atoms with Crippen LogP contribution in [0.5, 0.6) is 0 Å². The number of halogens is 2. The Balaban J connectivity index is 0.00000289. The minimum absolute atomic E-state index is 0. The maximum absolute atomic E-state index is 13.2. The summed E-state index contributed by atoms with van der Waals surface area (Å²) in [5.74, 6) is 1.56. The molecule has 0 radical (unpaired) electrons. The van der Waals surface area contributed by atoms with Crippen LogP contribution in [0.3, 0.4) is 0 Å². The highest BCUT2D eigenvalue weighted by Crippen LogP contribution is 2.20. The van der Waals surface area contributed by atoms with Gasteiger partial charge >= 0.3 is 0 Å². The van der Waals surface area contributed by atoms with Gasteiger partial charge in [-0.15, -0.1) is 24.0 Å². The maximum atomic E-state index is 13.2. The van der Waals surface area contributed by atoms with Gasteiger partial charge in [0.2, 0.25) is 0 Å². The number of aliphatic imine (C=N–C) groups is 1. The van der Waals surface area contributed by atoms with Crippen LogP contribution in [0.4, 0.5) is 15.9 Å². The lowest BCUT2D eigenvalue weighted by atomic mass is 10.2. The highest BCUT2D eigenvalue weighted by molar-refractivity contribution is 14.0. The van der Waals surface area contributed by atoms with Gasteiger partial charge in [-0.2, -0.15) is 11.3 Å². The van der Waals surface area contributed by atoms with Crippen molar-refractivity contribution in [3.8, 4) is 0 Å². The molecule has 1 aromatic carbocycles. The molecule has 0 bridgehead atoms. The number of rotatable bonds is 6. The average Bonchev–Trinajstić information content (AvgIpc) is 3.34. The van der Waals surface area contributed by atoms with E-state index < -0.39 is 0 Å². The van der Waals surface area contributed by atoms with E-state index in [0.29, 0.717) is 6.54 Å². The number of nitrogens with one attached hydrogen (secondary N) is 2. The first-order chi connectivity index (χ1) is 15.2. The van der Waals surface area contributed by atoms with Gasteiger partial charge in [-0.05, 0) is 64.4 Å². The van der Waals surface area contributed by atoms with Gasteiger partial charge in [0.15, 0.2) is 5.96 Å². The van der Waals surface area contributed by atoms with Crippen molar-refractivity contribution >= 4 is 52.8 Å². The summed E-state index contributed by atoms with van der Waals surface area (Å²) in [5.41, 5.74) is 3.47. The first-order valence-corrected chi connectivity index (χ1v) is 11.3. The molecule has 3 heterocycles. The van der Waals surface area contributed by atoms with E-state index in [1.165, 1.54) is 17.7 Å². The Morgan fingerprint density at radius 1 is 1.00 bits per heavy atom. The lowest BCUT2D eigenvalue weighted by Gasteiger charge is -2.36. The Morgan fingerprint density at radius 3 is 2.34 bits per heavy atom. The fraction of sp³-hybridized carbons (Fsp3) is 0.304. The van der Waals surface area contributed by atoms with E-state index in [2.05, 4.69) is 53.3 Å². The maximum Gasteiger partial charge on any atom is 0.191 e. The van der Waals surface area contributed by atoms with Gasteiger partial charge in [-0.25, -0.2) is 9.37 Å². The van der Waals surface area contributed by atoms with E-state index in [-0.39, 0.29) is 29.8 Å². The van der Waals surface area contributed by atoms with Crippen molar-refractivity contribution < 1.29 is 4.39 Å². The third kappa shape index (κ3) is 6.55. The zero-order valence-corrected chi connectivity index (χ0v) is 21.1. The molecule has 32 heavy (non-hydrogen) atoms. The van der Waals surface area contributed by atoms with E-state index >= 15 is 0 Å². The van der Waals surface area contributed by atoms with E-state index in [0.717, 1.165) is 55.8 Å². The van der Waals surface area contributed by atoms with Crippen molar-refractivity contribution in [3.05, 3.63) is 76.4 Å². The number of guanidine groups is 1. The standard InChI is InChI=1S/C23H27FN6S.HI/c1-25-23(28-16-19-7-13-31-17-19)27-15-18-6-8-26-22(14-18)30-11-9-29(10-12-30)21-4-2-20(24)3-5-21;/h2-8,13-14,17H,9-12,15-16H2,1H3,(H2,25,27,28);1H. The summed E-state index contributed by atoms with van der Waals surface area (Å²) in [6.07, 6.45) is 1.86. The molecule has 0 aliphatic carbocycles. The molecule has 0 atom stereocenters. The molecule has 3 aromatic rings. The van der Waals surface area contributed by atoms with Gasteiger partial charge in [0.1, 0.15) is 11.6 Å². The molecule has 2 N–H and O–H groups in total. The van der Waals surface area contributed by atoms with Crippen LogP contribution >= 0.6 is 35.3 Å². The Bertz CT molecular complexity index is 988. The van der Waals surface area contributed by atoms with Crippen molar-refractivity contribution in [2.24, 2.45) is 4.99 Å². The zero-order chi connectivity index (χ0) is 21.5. The van der Waals surface area contributed by atoms with Gasteiger partial charge in [0.05, 0.1) is 0 Å². The first kappa shape index (κ1) is 24.2. The smallest absolute Gasteiger partial charge is 0.191 e. The highest BCUT2D eigenvalue weighted by Gasteiger charge is 2.18. The Labute approximate surface area is 209 Å². The molecular weight excluding hydrogens is 538 g/mol. The van der Waals surface area contributed by atoms with Gasteiger partial charge in [0, 0.05) is 58.2 Å². The van der Waals surface area contributed by atoms with E-state index in [9.17, 15) is 4.39 Å². The Morgan fingerprint density at radius 2 is 1.69 bits per heavy atom. The summed E-state index contributed by atoms with van der Waals surface area (Å²) in [5, 5.41) is 10.9. The largest absolute Gasteiger partial charge is 0.368 e. The summed E-state index contributed by atoms with van der Waals surface area (Å²) >= 11 is 1.69. The number of anilines is 2.